The maximum Gasteiger partial charge on any atom is 0.283 e. The summed E-state index contributed by atoms with van der Waals surface area (Å²) in [5, 5.41) is 4.40. The third-order valence-corrected chi connectivity index (χ3v) is 5.24. The topological polar surface area (TPSA) is 98.8 Å². The summed E-state index contributed by atoms with van der Waals surface area (Å²) < 4.78 is 11.3. The number of aromatic nitrogens is 1. The molecule has 8 heteroatoms. The normalized spacial score (nSPS) is 10.9. The molecular weight excluding hydrogens is 400 g/mol. The van der Waals surface area contributed by atoms with E-state index in [-0.39, 0.29) is 5.91 Å². The van der Waals surface area contributed by atoms with E-state index in [0.717, 1.165) is 23.3 Å². The number of hydrogen-bond acceptors (Lipinski definition) is 7. The Morgan fingerprint density at radius 3 is 2.77 bits per heavy atom. The molecule has 7 nitrogen and oxygen atoms in total. The van der Waals surface area contributed by atoms with Crippen LogP contribution >= 0.6 is 11.3 Å². The number of aryl methyl sites for hydroxylation is 1. The van der Waals surface area contributed by atoms with E-state index >= 15 is 0 Å². The molecule has 0 atom stereocenters. The monoisotopic (exact) mass is 424 g/mol. The molecule has 0 fully saturated rings. The predicted molar refractivity (Wildman–Crippen MR) is 120 cm³/mol. The number of nitrogens with zero attached hydrogens (tertiary/aromatic N) is 2. The third-order valence-electron chi connectivity index (χ3n) is 4.31. The zero-order valence-corrected chi connectivity index (χ0v) is 17.7. The zero-order valence-electron chi connectivity index (χ0n) is 16.9. The van der Waals surface area contributed by atoms with Crippen LogP contribution in [0.4, 0.5) is 5.13 Å². The fraction of sp³-hybridized carbons (Fsp3) is 0.227. The van der Waals surface area contributed by atoms with Gasteiger partial charge in [0.05, 0.1) is 25.6 Å². The van der Waals surface area contributed by atoms with Gasteiger partial charge < -0.3 is 15.2 Å². The first kappa shape index (κ1) is 21.3. The van der Waals surface area contributed by atoms with Gasteiger partial charge in [-0.15, -0.1) is 0 Å². The van der Waals surface area contributed by atoms with Crippen LogP contribution in [0.25, 0.3) is 0 Å². The van der Waals surface area contributed by atoms with Gasteiger partial charge in [0.1, 0.15) is 4.88 Å². The summed E-state index contributed by atoms with van der Waals surface area (Å²) in [5.74, 6) is 0.925. The lowest BCUT2D eigenvalue weighted by Gasteiger charge is -2.11. The van der Waals surface area contributed by atoms with Gasteiger partial charge in [-0.1, -0.05) is 48.6 Å². The van der Waals surface area contributed by atoms with E-state index in [2.05, 4.69) is 27.6 Å². The van der Waals surface area contributed by atoms with Gasteiger partial charge in [0.15, 0.2) is 16.6 Å². The Labute approximate surface area is 179 Å². The first-order valence-electron chi connectivity index (χ1n) is 9.54. The number of amides is 1. The van der Waals surface area contributed by atoms with Gasteiger partial charge in [0.2, 0.25) is 0 Å². The van der Waals surface area contributed by atoms with E-state index in [1.54, 1.807) is 19.4 Å². The summed E-state index contributed by atoms with van der Waals surface area (Å²) in [5.41, 5.74) is 10.9. The lowest BCUT2D eigenvalue weighted by atomic mass is 10.2. The number of anilines is 1. The minimum absolute atomic E-state index is 0.329. The Morgan fingerprint density at radius 1 is 1.23 bits per heavy atom. The number of nitrogens with one attached hydrogen (secondary N) is 1. The van der Waals surface area contributed by atoms with Crippen LogP contribution < -0.4 is 20.6 Å². The number of thiazole rings is 1. The quantitative estimate of drug-likeness (QED) is 0.403. The molecule has 156 valence electrons. The van der Waals surface area contributed by atoms with Gasteiger partial charge in [-0.25, -0.2) is 10.4 Å². The zero-order chi connectivity index (χ0) is 21.3. The number of rotatable bonds is 9. The van der Waals surface area contributed by atoms with Crippen molar-refractivity contribution >= 4 is 28.6 Å². The van der Waals surface area contributed by atoms with Crippen molar-refractivity contribution < 1.29 is 14.3 Å². The van der Waals surface area contributed by atoms with Crippen LogP contribution in [0.5, 0.6) is 11.5 Å². The summed E-state index contributed by atoms with van der Waals surface area (Å²) in [4.78, 5) is 16.9. The van der Waals surface area contributed by atoms with Crippen LogP contribution in [0.3, 0.4) is 0 Å². The Bertz CT molecular complexity index is 1020. The molecule has 0 radical (unpaired) electrons. The first-order chi connectivity index (χ1) is 14.6. The number of carbonyl (C=O) groups excluding carboxylic acids is 1. The van der Waals surface area contributed by atoms with Crippen LogP contribution in [0, 0.1) is 0 Å². The van der Waals surface area contributed by atoms with E-state index in [1.807, 2.05) is 37.3 Å². The molecule has 0 aliphatic rings. The maximum atomic E-state index is 12.3. The highest BCUT2D eigenvalue weighted by Gasteiger charge is 2.15. The second-order valence-electron chi connectivity index (χ2n) is 6.37. The molecule has 1 aromatic heterocycles. The van der Waals surface area contributed by atoms with Crippen molar-refractivity contribution in [3.8, 4) is 11.5 Å². The molecule has 2 aromatic carbocycles. The number of benzene rings is 2. The van der Waals surface area contributed by atoms with E-state index in [1.165, 1.54) is 5.56 Å². The molecule has 30 heavy (non-hydrogen) atoms. The molecule has 1 heterocycles. The molecule has 0 aliphatic carbocycles. The van der Waals surface area contributed by atoms with Gasteiger partial charge in [-0.05, 0) is 35.7 Å². The number of hydrazone groups is 1. The van der Waals surface area contributed by atoms with Crippen LogP contribution in [-0.2, 0) is 12.8 Å². The Morgan fingerprint density at radius 2 is 2.03 bits per heavy atom. The molecular formula is C22H24N4O3S. The van der Waals surface area contributed by atoms with Crippen molar-refractivity contribution in [1.29, 1.82) is 0 Å². The average Bonchev–Trinajstić information content (AvgIpc) is 3.16. The molecule has 0 spiro atoms. The van der Waals surface area contributed by atoms with Crippen molar-refractivity contribution in [2.75, 3.05) is 19.5 Å². The van der Waals surface area contributed by atoms with Crippen LogP contribution in [0.2, 0.25) is 0 Å². The minimum atomic E-state index is -0.329. The van der Waals surface area contributed by atoms with Crippen molar-refractivity contribution in [3.63, 3.8) is 0 Å². The summed E-state index contributed by atoms with van der Waals surface area (Å²) in [6.07, 6.45) is 2.98. The highest BCUT2D eigenvalue weighted by Crippen LogP contribution is 2.27. The SMILES string of the molecule is CCc1nc(N)sc1C(=O)N/N=C\c1ccc(OCCc2ccccc2)c(OC)c1. The third kappa shape index (κ3) is 5.57. The van der Waals surface area contributed by atoms with Gasteiger partial charge in [0, 0.05) is 6.42 Å². The summed E-state index contributed by atoms with van der Waals surface area (Å²) in [7, 11) is 1.59. The van der Waals surface area contributed by atoms with E-state index in [9.17, 15) is 4.79 Å². The number of hydrogen-bond donors (Lipinski definition) is 2. The molecule has 0 saturated carbocycles. The van der Waals surface area contributed by atoms with Crippen molar-refractivity contribution in [1.82, 2.24) is 10.4 Å². The fourth-order valence-corrected chi connectivity index (χ4v) is 3.62. The number of nitrogens with two attached hydrogens (primary N) is 1. The van der Waals surface area contributed by atoms with E-state index in [0.29, 0.717) is 40.2 Å². The highest BCUT2D eigenvalue weighted by atomic mass is 32.1. The van der Waals surface area contributed by atoms with Crippen molar-refractivity contribution in [2.24, 2.45) is 5.10 Å². The van der Waals surface area contributed by atoms with Crippen molar-refractivity contribution in [2.45, 2.75) is 19.8 Å². The van der Waals surface area contributed by atoms with Gasteiger partial charge in [-0.3, -0.25) is 4.79 Å². The van der Waals surface area contributed by atoms with Crippen molar-refractivity contribution in [3.05, 3.63) is 70.2 Å². The minimum Gasteiger partial charge on any atom is -0.493 e. The number of carbonyl (C=O) groups is 1. The lowest BCUT2D eigenvalue weighted by Crippen LogP contribution is -2.17. The highest BCUT2D eigenvalue weighted by molar-refractivity contribution is 7.17. The standard InChI is InChI=1S/C22H24N4O3S/c1-3-17-20(30-22(23)25-17)21(27)26-24-14-16-9-10-18(19(13-16)28-2)29-12-11-15-7-5-4-6-8-15/h4-10,13-14H,3,11-12H2,1-2H3,(H2,23,25)(H,26,27)/b24-14-. The first-order valence-corrected chi connectivity index (χ1v) is 10.4. The average molecular weight is 425 g/mol. The van der Waals surface area contributed by atoms with Crippen LogP contribution in [0.15, 0.2) is 53.6 Å². The molecule has 0 unspecified atom stereocenters. The van der Waals surface area contributed by atoms with Gasteiger partial charge in [0.25, 0.3) is 5.91 Å². The van der Waals surface area contributed by atoms with Crippen LogP contribution in [0.1, 0.15) is 33.4 Å². The largest absolute Gasteiger partial charge is 0.493 e. The Balaban J connectivity index is 1.59. The summed E-state index contributed by atoms with van der Waals surface area (Å²) >= 11 is 1.15. The van der Waals surface area contributed by atoms with Crippen LogP contribution in [-0.4, -0.2) is 30.8 Å². The molecule has 0 aliphatic heterocycles. The second kappa shape index (κ2) is 10.4. The van der Waals surface area contributed by atoms with Gasteiger partial charge >= 0.3 is 0 Å². The molecule has 0 bridgehead atoms. The Kier molecular flexibility index (Phi) is 7.40. The predicted octanol–water partition coefficient (Wildman–Crippen LogP) is 3.68. The van der Waals surface area contributed by atoms with Gasteiger partial charge in [-0.2, -0.15) is 5.10 Å². The molecule has 3 rings (SSSR count). The molecule has 3 N–H and O–H groups in total. The van der Waals surface area contributed by atoms with E-state index < -0.39 is 0 Å². The Hall–Kier alpha value is -3.39. The van der Waals surface area contributed by atoms with E-state index in [4.69, 9.17) is 15.2 Å². The summed E-state index contributed by atoms with van der Waals surface area (Å²) in [6, 6.07) is 15.6. The smallest absolute Gasteiger partial charge is 0.283 e. The number of methoxy groups -OCH3 is 1. The lowest BCUT2D eigenvalue weighted by molar-refractivity contribution is 0.0958. The molecule has 3 aromatic rings. The molecule has 0 saturated heterocycles. The summed E-state index contributed by atoms with van der Waals surface area (Å²) in [6.45, 7) is 2.46. The number of ether oxygens (including phenoxy) is 2. The second-order valence-corrected chi connectivity index (χ2v) is 7.41. The number of nitrogen functional groups attached to an aromatic ring is 1. The fourth-order valence-electron chi connectivity index (χ4n) is 2.81. The molecule has 1 amide bonds. The maximum absolute atomic E-state index is 12.3.